The van der Waals surface area contributed by atoms with E-state index in [1.807, 2.05) is 25.1 Å². The van der Waals surface area contributed by atoms with Gasteiger partial charge >= 0.3 is 0 Å². The molecule has 1 rings (SSSR count). The van der Waals surface area contributed by atoms with Gasteiger partial charge in [-0.05, 0) is 25.1 Å². The molecule has 13 heavy (non-hydrogen) atoms. The second kappa shape index (κ2) is 4.45. The Morgan fingerprint density at radius 3 is 2.85 bits per heavy atom. The molecular weight excluding hydrogens is 162 g/mol. The number of para-hydroxylation sites is 1. The highest BCUT2D eigenvalue weighted by molar-refractivity contribution is 6.08. The molecule has 0 bridgehead atoms. The van der Waals surface area contributed by atoms with Gasteiger partial charge in [-0.1, -0.05) is 18.7 Å². The lowest BCUT2D eigenvalue weighted by molar-refractivity contribution is 0.104. The number of carbonyl (C=O) groups is 1. The van der Waals surface area contributed by atoms with Crippen molar-refractivity contribution in [2.45, 2.75) is 6.92 Å². The van der Waals surface area contributed by atoms with Crippen molar-refractivity contribution in [1.29, 1.82) is 0 Å². The highest BCUT2D eigenvalue weighted by Gasteiger charge is 2.05. The van der Waals surface area contributed by atoms with Crippen LogP contribution in [0.1, 0.15) is 17.3 Å². The number of nitrogens with one attached hydrogen (secondary N) is 1. The first-order valence-electron chi connectivity index (χ1n) is 4.29. The van der Waals surface area contributed by atoms with Crippen LogP contribution >= 0.6 is 0 Å². The van der Waals surface area contributed by atoms with E-state index in [0.717, 1.165) is 12.2 Å². The van der Waals surface area contributed by atoms with Crippen LogP contribution in [0, 0.1) is 0 Å². The summed E-state index contributed by atoms with van der Waals surface area (Å²) >= 11 is 0. The van der Waals surface area contributed by atoms with Crippen molar-refractivity contribution in [3.8, 4) is 0 Å². The Bertz CT molecular complexity index is 318. The van der Waals surface area contributed by atoms with E-state index in [1.165, 1.54) is 6.08 Å². The average Bonchev–Trinajstić information content (AvgIpc) is 2.18. The van der Waals surface area contributed by atoms with Crippen LogP contribution in [0.25, 0.3) is 0 Å². The largest absolute Gasteiger partial charge is 0.385 e. The Kier molecular flexibility index (Phi) is 3.26. The van der Waals surface area contributed by atoms with Crippen LogP contribution < -0.4 is 5.32 Å². The maximum atomic E-state index is 11.4. The number of hydrogen-bond acceptors (Lipinski definition) is 2. The Hall–Kier alpha value is -1.57. The minimum atomic E-state index is -0.0449. The zero-order chi connectivity index (χ0) is 9.68. The van der Waals surface area contributed by atoms with Crippen molar-refractivity contribution >= 4 is 11.5 Å². The number of rotatable bonds is 4. The molecule has 0 saturated carbocycles. The molecule has 0 heterocycles. The molecule has 68 valence electrons. The van der Waals surface area contributed by atoms with Crippen LogP contribution in [0.4, 0.5) is 5.69 Å². The number of anilines is 1. The van der Waals surface area contributed by atoms with Gasteiger partial charge < -0.3 is 5.32 Å². The van der Waals surface area contributed by atoms with Crippen molar-refractivity contribution < 1.29 is 4.79 Å². The van der Waals surface area contributed by atoms with Gasteiger partial charge in [-0.3, -0.25) is 4.79 Å². The molecule has 0 fully saturated rings. The summed E-state index contributed by atoms with van der Waals surface area (Å²) < 4.78 is 0. The molecule has 0 aromatic heterocycles. The van der Waals surface area contributed by atoms with Gasteiger partial charge in [-0.15, -0.1) is 0 Å². The van der Waals surface area contributed by atoms with Crippen molar-refractivity contribution in [2.75, 3.05) is 11.9 Å². The molecule has 0 aliphatic carbocycles. The van der Waals surface area contributed by atoms with Gasteiger partial charge in [-0.25, -0.2) is 0 Å². The molecular formula is C11H13NO. The predicted octanol–water partition coefficient (Wildman–Crippen LogP) is 2.49. The molecule has 0 amide bonds. The first kappa shape index (κ1) is 9.52. The lowest BCUT2D eigenvalue weighted by Gasteiger charge is -2.06. The molecule has 1 aromatic rings. The third kappa shape index (κ3) is 2.18. The van der Waals surface area contributed by atoms with E-state index in [9.17, 15) is 4.79 Å². The lowest BCUT2D eigenvalue weighted by Crippen LogP contribution is -2.03. The fraction of sp³-hybridized carbons (Fsp3) is 0.182. The first-order valence-corrected chi connectivity index (χ1v) is 4.29. The van der Waals surface area contributed by atoms with Gasteiger partial charge in [0, 0.05) is 17.8 Å². The molecule has 0 atom stereocenters. The summed E-state index contributed by atoms with van der Waals surface area (Å²) in [5, 5.41) is 3.12. The zero-order valence-corrected chi connectivity index (χ0v) is 7.71. The first-order chi connectivity index (χ1) is 6.29. The van der Waals surface area contributed by atoms with Crippen molar-refractivity contribution in [3.63, 3.8) is 0 Å². The Balaban J connectivity index is 3.03. The summed E-state index contributed by atoms with van der Waals surface area (Å²) in [4.78, 5) is 11.4. The molecule has 2 nitrogen and oxygen atoms in total. The zero-order valence-electron chi connectivity index (χ0n) is 7.71. The van der Waals surface area contributed by atoms with Gasteiger partial charge in [0.1, 0.15) is 0 Å². The van der Waals surface area contributed by atoms with E-state index >= 15 is 0 Å². The van der Waals surface area contributed by atoms with Crippen LogP contribution in [-0.4, -0.2) is 12.3 Å². The highest BCUT2D eigenvalue weighted by atomic mass is 16.1. The summed E-state index contributed by atoms with van der Waals surface area (Å²) in [7, 11) is 0. The smallest absolute Gasteiger partial charge is 0.187 e. The van der Waals surface area contributed by atoms with Crippen molar-refractivity contribution in [2.24, 2.45) is 0 Å². The molecule has 0 aliphatic heterocycles. The van der Waals surface area contributed by atoms with Crippen LogP contribution in [0.5, 0.6) is 0 Å². The summed E-state index contributed by atoms with van der Waals surface area (Å²) in [6, 6.07) is 7.43. The van der Waals surface area contributed by atoms with E-state index in [1.54, 1.807) is 6.07 Å². The van der Waals surface area contributed by atoms with E-state index in [-0.39, 0.29) is 5.78 Å². The molecule has 0 spiro atoms. The fourth-order valence-corrected chi connectivity index (χ4v) is 1.15. The summed E-state index contributed by atoms with van der Waals surface area (Å²) in [6.07, 6.45) is 1.33. The Labute approximate surface area is 78.3 Å². The van der Waals surface area contributed by atoms with Crippen LogP contribution in [-0.2, 0) is 0 Å². The summed E-state index contributed by atoms with van der Waals surface area (Å²) in [5.74, 6) is -0.0449. The maximum Gasteiger partial charge on any atom is 0.187 e. The quantitative estimate of drug-likeness (QED) is 0.562. The molecule has 2 heteroatoms. The molecule has 0 saturated heterocycles. The second-order valence-electron chi connectivity index (χ2n) is 2.64. The van der Waals surface area contributed by atoms with Crippen molar-refractivity contribution in [3.05, 3.63) is 42.5 Å². The SMILES string of the molecule is C=CC(=O)c1ccccc1NCC. The standard InChI is InChI=1S/C11H13NO/c1-3-11(13)9-7-5-6-8-10(9)12-4-2/h3,5-8,12H,1,4H2,2H3. The van der Waals surface area contributed by atoms with E-state index in [4.69, 9.17) is 0 Å². The summed E-state index contributed by atoms with van der Waals surface area (Å²) in [5.41, 5.74) is 1.55. The van der Waals surface area contributed by atoms with Crippen molar-refractivity contribution in [1.82, 2.24) is 0 Å². The third-order valence-electron chi connectivity index (χ3n) is 1.75. The predicted molar refractivity (Wildman–Crippen MR) is 55.1 cm³/mol. The van der Waals surface area contributed by atoms with Crippen LogP contribution in [0.15, 0.2) is 36.9 Å². The molecule has 1 aromatic carbocycles. The van der Waals surface area contributed by atoms with Gasteiger partial charge in [0.25, 0.3) is 0 Å². The molecule has 0 radical (unpaired) electrons. The fourth-order valence-electron chi connectivity index (χ4n) is 1.15. The minimum Gasteiger partial charge on any atom is -0.385 e. The Morgan fingerprint density at radius 1 is 1.54 bits per heavy atom. The second-order valence-corrected chi connectivity index (χ2v) is 2.64. The van der Waals surface area contributed by atoms with E-state index in [2.05, 4.69) is 11.9 Å². The van der Waals surface area contributed by atoms with Gasteiger partial charge in [0.05, 0.1) is 0 Å². The van der Waals surface area contributed by atoms with E-state index < -0.39 is 0 Å². The van der Waals surface area contributed by atoms with Gasteiger partial charge in [0.15, 0.2) is 5.78 Å². The minimum absolute atomic E-state index is 0.0449. The molecule has 1 N–H and O–H groups in total. The van der Waals surface area contributed by atoms with E-state index in [0.29, 0.717) is 5.56 Å². The number of allylic oxidation sites excluding steroid dienone is 1. The Morgan fingerprint density at radius 2 is 2.23 bits per heavy atom. The topological polar surface area (TPSA) is 29.1 Å². The summed E-state index contributed by atoms with van der Waals surface area (Å²) in [6.45, 7) is 6.26. The van der Waals surface area contributed by atoms with Crippen LogP contribution in [0.3, 0.4) is 0 Å². The molecule has 0 aliphatic rings. The monoisotopic (exact) mass is 175 g/mol. The van der Waals surface area contributed by atoms with Gasteiger partial charge in [-0.2, -0.15) is 0 Å². The highest BCUT2D eigenvalue weighted by Crippen LogP contribution is 2.15. The number of benzene rings is 1. The molecule has 0 unspecified atom stereocenters. The number of hydrogen-bond donors (Lipinski definition) is 1. The number of carbonyl (C=O) groups excluding carboxylic acids is 1. The normalized spacial score (nSPS) is 9.31. The lowest BCUT2D eigenvalue weighted by atomic mass is 10.1. The maximum absolute atomic E-state index is 11.4. The van der Waals surface area contributed by atoms with Gasteiger partial charge in [0.2, 0.25) is 0 Å². The third-order valence-corrected chi connectivity index (χ3v) is 1.75. The number of ketones is 1. The van der Waals surface area contributed by atoms with Crippen LogP contribution in [0.2, 0.25) is 0 Å². The average molecular weight is 175 g/mol.